The monoisotopic (exact) mass is 325 g/mol. The van der Waals surface area contributed by atoms with Crippen LogP contribution >= 0.6 is 0 Å². The van der Waals surface area contributed by atoms with Gasteiger partial charge in [0.2, 0.25) is 0 Å². The van der Waals surface area contributed by atoms with Gasteiger partial charge in [0, 0.05) is 0 Å². The molecule has 1 aromatic rings. The first-order valence-corrected chi connectivity index (χ1v) is 7.14. The second-order valence-corrected chi connectivity index (χ2v) is 5.90. The van der Waals surface area contributed by atoms with Gasteiger partial charge < -0.3 is 24.6 Å². The predicted molar refractivity (Wildman–Crippen MR) is 83.4 cm³/mol. The fourth-order valence-corrected chi connectivity index (χ4v) is 1.64. The molecule has 1 aromatic carbocycles. The molecule has 0 saturated heterocycles. The van der Waals surface area contributed by atoms with E-state index in [4.69, 9.17) is 19.3 Å². The van der Waals surface area contributed by atoms with Crippen molar-refractivity contribution in [1.29, 1.82) is 0 Å². The van der Waals surface area contributed by atoms with Crippen LogP contribution in [0.25, 0.3) is 0 Å². The van der Waals surface area contributed by atoms with Gasteiger partial charge in [0.25, 0.3) is 0 Å². The summed E-state index contributed by atoms with van der Waals surface area (Å²) in [5.41, 5.74) is 0.170. The zero-order valence-corrected chi connectivity index (χ0v) is 13.8. The molecule has 0 saturated carbocycles. The van der Waals surface area contributed by atoms with E-state index in [-0.39, 0.29) is 13.2 Å². The molecule has 1 amide bonds. The highest BCUT2D eigenvalue weighted by Crippen LogP contribution is 2.12. The number of ether oxygens (including phenoxy) is 3. The summed E-state index contributed by atoms with van der Waals surface area (Å²) in [5, 5.41) is 11.4. The number of carbonyl (C=O) groups excluding carboxylic acids is 1. The van der Waals surface area contributed by atoms with Crippen LogP contribution in [-0.2, 0) is 20.9 Å². The fraction of sp³-hybridized carbons (Fsp3) is 0.500. The van der Waals surface area contributed by atoms with Crippen molar-refractivity contribution in [1.82, 2.24) is 5.32 Å². The molecule has 0 radical (unpaired) electrons. The van der Waals surface area contributed by atoms with Crippen LogP contribution in [0.5, 0.6) is 5.75 Å². The topological polar surface area (TPSA) is 94.1 Å². The Morgan fingerprint density at radius 3 is 2.30 bits per heavy atom. The number of hydrogen-bond donors (Lipinski definition) is 2. The lowest BCUT2D eigenvalue weighted by molar-refractivity contribution is -0.141. The number of alkyl carbamates (subject to hydrolysis) is 1. The molecule has 1 atom stereocenters. The van der Waals surface area contributed by atoms with E-state index >= 15 is 0 Å². The molecule has 7 nitrogen and oxygen atoms in total. The summed E-state index contributed by atoms with van der Waals surface area (Å²) >= 11 is 0. The number of carbonyl (C=O) groups is 2. The van der Waals surface area contributed by atoms with E-state index in [0.29, 0.717) is 0 Å². The molecule has 1 rings (SSSR count). The number of nitrogens with one attached hydrogen (secondary N) is 1. The minimum Gasteiger partial charge on any atom is -0.497 e. The lowest BCUT2D eigenvalue weighted by Crippen LogP contribution is -2.46. The van der Waals surface area contributed by atoms with Crippen LogP contribution in [-0.4, -0.2) is 42.5 Å². The van der Waals surface area contributed by atoms with Crippen molar-refractivity contribution >= 4 is 12.1 Å². The molecule has 0 aliphatic rings. The molecule has 2 N–H and O–H groups in total. The molecule has 0 spiro atoms. The van der Waals surface area contributed by atoms with E-state index in [1.54, 1.807) is 40.0 Å². The molecule has 1 unspecified atom stereocenters. The van der Waals surface area contributed by atoms with Gasteiger partial charge in [-0.1, -0.05) is 12.1 Å². The third-order valence-corrected chi connectivity index (χ3v) is 2.70. The summed E-state index contributed by atoms with van der Waals surface area (Å²) in [6.07, 6.45) is -0.794. The Kier molecular flexibility index (Phi) is 6.84. The Hall–Kier alpha value is -2.28. The second kappa shape index (κ2) is 8.38. The van der Waals surface area contributed by atoms with Crippen molar-refractivity contribution in [2.24, 2.45) is 0 Å². The maximum absolute atomic E-state index is 11.6. The van der Waals surface area contributed by atoms with Gasteiger partial charge in [0.1, 0.15) is 11.4 Å². The van der Waals surface area contributed by atoms with Gasteiger partial charge in [-0.05, 0) is 38.5 Å². The van der Waals surface area contributed by atoms with Crippen molar-refractivity contribution in [3.05, 3.63) is 29.8 Å². The van der Waals surface area contributed by atoms with Crippen LogP contribution in [0.3, 0.4) is 0 Å². The second-order valence-electron chi connectivity index (χ2n) is 5.90. The Morgan fingerprint density at radius 2 is 1.83 bits per heavy atom. The van der Waals surface area contributed by atoms with Crippen molar-refractivity contribution < 1.29 is 28.9 Å². The minimum atomic E-state index is -1.19. The average Bonchev–Trinajstić information content (AvgIpc) is 2.44. The lowest BCUT2D eigenvalue weighted by atomic mass is 10.2. The van der Waals surface area contributed by atoms with E-state index < -0.39 is 23.7 Å². The molecule has 0 aliphatic heterocycles. The van der Waals surface area contributed by atoms with Gasteiger partial charge in [-0.25, -0.2) is 9.59 Å². The summed E-state index contributed by atoms with van der Waals surface area (Å²) < 4.78 is 15.4. The normalized spacial score (nSPS) is 12.3. The van der Waals surface area contributed by atoms with Gasteiger partial charge in [-0.3, -0.25) is 0 Å². The molecule has 0 bridgehead atoms. The molecular weight excluding hydrogens is 302 g/mol. The number of rotatable bonds is 7. The zero-order chi connectivity index (χ0) is 17.5. The van der Waals surface area contributed by atoms with Crippen LogP contribution in [0.1, 0.15) is 26.3 Å². The fourth-order valence-electron chi connectivity index (χ4n) is 1.64. The number of aliphatic carboxylic acids is 1. The van der Waals surface area contributed by atoms with Crippen LogP contribution in [0, 0.1) is 0 Å². The van der Waals surface area contributed by atoms with Crippen LogP contribution in [0.15, 0.2) is 24.3 Å². The minimum absolute atomic E-state index is 0.166. The smallest absolute Gasteiger partial charge is 0.408 e. The molecular formula is C16H23NO6. The average molecular weight is 325 g/mol. The Balaban J connectivity index is 2.46. The maximum Gasteiger partial charge on any atom is 0.408 e. The summed E-state index contributed by atoms with van der Waals surface area (Å²) in [6, 6.07) is 6.02. The SMILES string of the molecule is COc1ccc(COCC(NC(=O)OC(C)(C)C)C(=O)O)cc1. The third kappa shape index (κ3) is 7.51. The van der Waals surface area contributed by atoms with Crippen molar-refractivity contribution in [3.63, 3.8) is 0 Å². The number of amides is 1. The molecule has 0 aromatic heterocycles. The highest BCUT2D eigenvalue weighted by Gasteiger charge is 2.24. The first kappa shape index (κ1) is 18.8. The lowest BCUT2D eigenvalue weighted by Gasteiger charge is -2.22. The quantitative estimate of drug-likeness (QED) is 0.798. The van der Waals surface area contributed by atoms with Crippen LogP contribution < -0.4 is 10.1 Å². The van der Waals surface area contributed by atoms with Gasteiger partial charge >= 0.3 is 12.1 Å². The predicted octanol–water partition coefficient (Wildman–Crippen LogP) is 2.19. The number of hydrogen-bond acceptors (Lipinski definition) is 5. The van der Waals surface area contributed by atoms with Gasteiger partial charge in [0.05, 0.1) is 20.3 Å². The number of carboxylic acid groups (broad SMARTS) is 1. The summed E-state index contributed by atoms with van der Waals surface area (Å²) in [7, 11) is 1.57. The van der Waals surface area contributed by atoms with Gasteiger partial charge in [-0.15, -0.1) is 0 Å². The summed E-state index contributed by atoms with van der Waals surface area (Å²) in [6.45, 7) is 5.15. The van der Waals surface area contributed by atoms with Gasteiger partial charge in [0.15, 0.2) is 6.04 Å². The van der Waals surface area contributed by atoms with E-state index in [0.717, 1.165) is 11.3 Å². The Labute approximate surface area is 135 Å². The van der Waals surface area contributed by atoms with E-state index in [9.17, 15) is 9.59 Å². The third-order valence-electron chi connectivity index (χ3n) is 2.70. The Bertz CT molecular complexity index is 520. The number of benzene rings is 1. The standard InChI is InChI=1S/C16H23NO6/c1-16(2,3)23-15(20)17-13(14(18)19)10-22-9-11-5-7-12(21-4)8-6-11/h5-8,13H,9-10H2,1-4H3,(H,17,20)(H,18,19). The largest absolute Gasteiger partial charge is 0.497 e. The summed E-state index contributed by atoms with van der Waals surface area (Å²) in [4.78, 5) is 22.8. The van der Waals surface area contributed by atoms with E-state index in [1.807, 2.05) is 12.1 Å². The molecule has 0 fully saturated rings. The van der Waals surface area contributed by atoms with E-state index in [2.05, 4.69) is 5.32 Å². The van der Waals surface area contributed by atoms with Crippen molar-refractivity contribution in [2.45, 2.75) is 39.0 Å². The molecule has 0 aliphatic carbocycles. The first-order valence-electron chi connectivity index (χ1n) is 7.14. The highest BCUT2D eigenvalue weighted by molar-refractivity contribution is 5.80. The van der Waals surface area contributed by atoms with Crippen molar-refractivity contribution in [3.8, 4) is 5.75 Å². The number of carboxylic acids is 1. The first-order chi connectivity index (χ1) is 10.7. The Morgan fingerprint density at radius 1 is 1.22 bits per heavy atom. The zero-order valence-electron chi connectivity index (χ0n) is 13.8. The van der Waals surface area contributed by atoms with Crippen LogP contribution in [0.4, 0.5) is 4.79 Å². The molecule has 7 heteroatoms. The number of methoxy groups -OCH3 is 1. The molecule has 128 valence electrons. The van der Waals surface area contributed by atoms with Gasteiger partial charge in [-0.2, -0.15) is 0 Å². The van der Waals surface area contributed by atoms with E-state index in [1.165, 1.54) is 0 Å². The highest BCUT2D eigenvalue weighted by atomic mass is 16.6. The van der Waals surface area contributed by atoms with Crippen LogP contribution in [0.2, 0.25) is 0 Å². The molecule has 23 heavy (non-hydrogen) atoms. The summed E-state index contributed by atoms with van der Waals surface area (Å²) in [5.74, 6) is -0.464. The molecule has 0 heterocycles. The maximum atomic E-state index is 11.6. The van der Waals surface area contributed by atoms with Crippen molar-refractivity contribution in [2.75, 3.05) is 13.7 Å².